The topological polar surface area (TPSA) is 59.4 Å². The van der Waals surface area contributed by atoms with E-state index in [4.69, 9.17) is 9.72 Å². The maximum absolute atomic E-state index is 12.8. The Morgan fingerprint density at radius 2 is 1.72 bits per heavy atom. The molecule has 1 N–H and O–H groups in total. The van der Waals surface area contributed by atoms with Gasteiger partial charge in [0.25, 0.3) is 5.91 Å². The van der Waals surface area contributed by atoms with E-state index in [0.717, 1.165) is 48.8 Å². The van der Waals surface area contributed by atoms with Crippen molar-refractivity contribution in [2.24, 2.45) is 0 Å². The zero-order chi connectivity index (χ0) is 20.4. The summed E-state index contributed by atoms with van der Waals surface area (Å²) in [7, 11) is 0. The van der Waals surface area contributed by atoms with Crippen LogP contribution in [0.5, 0.6) is 0 Å². The van der Waals surface area contributed by atoms with Crippen molar-refractivity contribution >= 4 is 22.6 Å². The number of nitrogens with one attached hydrogen (secondary N) is 1. The van der Waals surface area contributed by atoms with Crippen molar-refractivity contribution in [2.45, 2.75) is 32.9 Å². The van der Waals surface area contributed by atoms with Gasteiger partial charge in [-0.15, -0.1) is 0 Å². The van der Waals surface area contributed by atoms with E-state index in [1.807, 2.05) is 49.4 Å². The Morgan fingerprint density at radius 1 is 1.03 bits per heavy atom. The van der Waals surface area contributed by atoms with Crippen LogP contribution in [0.3, 0.4) is 0 Å². The summed E-state index contributed by atoms with van der Waals surface area (Å²) >= 11 is 0. The summed E-state index contributed by atoms with van der Waals surface area (Å²) in [6.45, 7) is 9.52. The fourth-order valence-corrected chi connectivity index (χ4v) is 3.90. The molecule has 3 aromatic rings. The summed E-state index contributed by atoms with van der Waals surface area (Å²) in [6, 6.07) is 15.9. The molecule has 0 saturated carbocycles. The molecule has 29 heavy (non-hydrogen) atoms. The minimum atomic E-state index is -0.198. The van der Waals surface area contributed by atoms with E-state index in [-0.39, 0.29) is 18.0 Å². The summed E-state index contributed by atoms with van der Waals surface area (Å²) in [5.41, 5.74) is 3.82. The molecule has 0 aliphatic carbocycles. The molecular weight excluding hydrogens is 364 g/mol. The van der Waals surface area contributed by atoms with Crippen LogP contribution < -0.4 is 10.2 Å². The first-order valence-electron chi connectivity index (χ1n) is 10.2. The quantitative estimate of drug-likeness (QED) is 0.714. The van der Waals surface area contributed by atoms with Crippen molar-refractivity contribution in [2.75, 3.05) is 31.2 Å². The van der Waals surface area contributed by atoms with Crippen LogP contribution in [-0.2, 0) is 4.74 Å². The largest absolute Gasteiger partial charge is 0.378 e. The molecule has 1 saturated heterocycles. The molecule has 6 nitrogen and oxygen atoms in total. The van der Waals surface area contributed by atoms with Gasteiger partial charge in [0.05, 0.1) is 30.3 Å². The fraction of sp³-hybridized carbons (Fsp3) is 0.391. The van der Waals surface area contributed by atoms with Gasteiger partial charge >= 0.3 is 0 Å². The third-order valence-electron chi connectivity index (χ3n) is 5.38. The van der Waals surface area contributed by atoms with Crippen molar-refractivity contribution in [3.8, 4) is 0 Å². The average Bonchev–Trinajstić information content (AvgIpc) is 3.14. The molecule has 1 atom stereocenters. The molecule has 1 unspecified atom stereocenters. The lowest BCUT2D eigenvalue weighted by Crippen LogP contribution is -2.36. The zero-order valence-corrected chi connectivity index (χ0v) is 17.3. The number of fused-ring (bicyclic) bond motifs is 1. The summed E-state index contributed by atoms with van der Waals surface area (Å²) in [5, 5.41) is 3.11. The van der Waals surface area contributed by atoms with Crippen LogP contribution in [0, 0.1) is 0 Å². The van der Waals surface area contributed by atoms with Gasteiger partial charge in [-0.2, -0.15) is 0 Å². The van der Waals surface area contributed by atoms with Crippen molar-refractivity contribution < 1.29 is 9.53 Å². The number of carbonyl (C=O) groups is 1. The number of benzene rings is 2. The first-order valence-corrected chi connectivity index (χ1v) is 10.2. The van der Waals surface area contributed by atoms with Crippen LogP contribution in [0.15, 0.2) is 48.5 Å². The number of amides is 1. The Labute approximate surface area is 171 Å². The van der Waals surface area contributed by atoms with E-state index in [2.05, 4.69) is 34.7 Å². The number of rotatable bonds is 5. The standard InChI is InChI=1S/C23H28N4O2/c1-16(2)27-21-7-5-4-6-20(21)25-22(27)17(3)24-23(28)18-8-10-19(11-9-18)26-12-14-29-15-13-26/h4-11,16-17H,12-15H2,1-3H3,(H,24,28). The fourth-order valence-electron chi connectivity index (χ4n) is 3.90. The van der Waals surface area contributed by atoms with Crippen molar-refractivity contribution in [1.82, 2.24) is 14.9 Å². The van der Waals surface area contributed by atoms with E-state index in [1.54, 1.807) is 0 Å². The number of carbonyl (C=O) groups excluding carboxylic acids is 1. The van der Waals surface area contributed by atoms with Crippen LogP contribution in [-0.4, -0.2) is 41.8 Å². The molecule has 1 aliphatic heterocycles. The van der Waals surface area contributed by atoms with Gasteiger partial charge in [-0.25, -0.2) is 4.98 Å². The maximum atomic E-state index is 12.8. The Bertz CT molecular complexity index is 988. The number of hydrogen-bond donors (Lipinski definition) is 1. The van der Waals surface area contributed by atoms with Crippen LogP contribution in [0.1, 0.15) is 49.0 Å². The molecule has 1 aliphatic rings. The minimum absolute atomic E-state index is 0.0895. The highest BCUT2D eigenvalue weighted by Crippen LogP contribution is 2.25. The van der Waals surface area contributed by atoms with Gasteiger partial charge in [0.1, 0.15) is 5.82 Å². The number of para-hydroxylation sites is 2. The molecule has 1 aromatic heterocycles. The van der Waals surface area contributed by atoms with Crippen molar-refractivity contribution in [1.29, 1.82) is 0 Å². The minimum Gasteiger partial charge on any atom is -0.378 e. The molecular formula is C23H28N4O2. The number of nitrogens with zero attached hydrogens (tertiary/aromatic N) is 3. The van der Waals surface area contributed by atoms with Crippen molar-refractivity contribution in [3.05, 3.63) is 59.9 Å². The average molecular weight is 393 g/mol. The van der Waals surface area contributed by atoms with E-state index < -0.39 is 0 Å². The monoisotopic (exact) mass is 392 g/mol. The Morgan fingerprint density at radius 3 is 2.41 bits per heavy atom. The van der Waals surface area contributed by atoms with Gasteiger partial charge in [-0.3, -0.25) is 4.79 Å². The number of imidazole rings is 1. The molecule has 6 heteroatoms. The molecule has 0 radical (unpaired) electrons. The number of hydrogen-bond acceptors (Lipinski definition) is 4. The Hall–Kier alpha value is -2.86. The SMILES string of the molecule is CC(NC(=O)c1ccc(N2CCOCC2)cc1)c1nc2ccccc2n1C(C)C. The second kappa shape index (κ2) is 8.25. The van der Waals surface area contributed by atoms with E-state index in [1.165, 1.54) is 0 Å². The summed E-state index contributed by atoms with van der Waals surface area (Å²) in [5.74, 6) is 0.785. The molecule has 1 amide bonds. The lowest BCUT2D eigenvalue weighted by Gasteiger charge is -2.28. The van der Waals surface area contributed by atoms with E-state index in [0.29, 0.717) is 5.56 Å². The molecule has 2 heterocycles. The molecule has 4 rings (SSSR count). The van der Waals surface area contributed by atoms with E-state index >= 15 is 0 Å². The van der Waals surface area contributed by atoms with Crippen LogP contribution in [0.2, 0.25) is 0 Å². The van der Waals surface area contributed by atoms with Gasteiger partial charge in [0.15, 0.2) is 0 Å². The lowest BCUT2D eigenvalue weighted by atomic mass is 10.1. The first-order chi connectivity index (χ1) is 14.0. The second-order valence-electron chi connectivity index (χ2n) is 7.76. The molecule has 0 spiro atoms. The number of ether oxygens (including phenoxy) is 1. The molecule has 1 fully saturated rings. The first kappa shape index (κ1) is 19.5. The third-order valence-corrected chi connectivity index (χ3v) is 5.38. The second-order valence-corrected chi connectivity index (χ2v) is 7.76. The summed E-state index contributed by atoms with van der Waals surface area (Å²) < 4.78 is 7.60. The summed E-state index contributed by atoms with van der Waals surface area (Å²) in [4.78, 5) is 19.9. The van der Waals surface area contributed by atoms with E-state index in [9.17, 15) is 4.79 Å². The number of anilines is 1. The van der Waals surface area contributed by atoms with Gasteiger partial charge in [0.2, 0.25) is 0 Å². The lowest BCUT2D eigenvalue weighted by molar-refractivity contribution is 0.0937. The molecule has 152 valence electrons. The highest BCUT2D eigenvalue weighted by Gasteiger charge is 2.20. The number of aromatic nitrogens is 2. The Balaban J connectivity index is 1.51. The highest BCUT2D eigenvalue weighted by molar-refractivity contribution is 5.94. The van der Waals surface area contributed by atoms with Gasteiger partial charge in [0, 0.05) is 30.4 Å². The molecule has 2 aromatic carbocycles. The van der Waals surface area contributed by atoms with Crippen molar-refractivity contribution in [3.63, 3.8) is 0 Å². The van der Waals surface area contributed by atoms with Crippen LogP contribution >= 0.6 is 0 Å². The Kier molecular flexibility index (Phi) is 5.53. The smallest absolute Gasteiger partial charge is 0.251 e. The maximum Gasteiger partial charge on any atom is 0.251 e. The normalized spacial score (nSPS) is 15.7. The summed E-state index contributed by atoms with van der Waals surface area (Å²) in [6.07, 6.45) is 0. The highest BCUT2D eigenvalue weighted by atomic mass is 16.5. The third kappa shape index (κ3) is 3.98. The predicted octanol–water partition coefficient (Wildman–Crippen LogP) is 3.94. The van der Waals surface area contributed by atoms with Crippen LogP contribution in [0.25, 0.3) is 11.0 Å². The zero-order valence-electron chi connectivity index (χ0n) is 17.3. The van der Waals surface area contributed by atoms with Gasteiger partial charge < -0.3 is 19.5 Å². The van der Waals surface area contributed by atoms with Crippen LogP contribution in [0.4, 0.5) is 5.69 Å². The molecule has 0 bridgehead atoms. The van der Waals surface area contributed by atoms with Gasteiger partial charge in [-0.1, -0.05) is 12.1 Å². The number of morpholine rings is 1. The predicted molar refractivity (Wildman–Crippen MR) is 115 cm³/mol. The van der Waals surface area contributed by atoms with Gasteiger partial charge in [-0.05, 0) is 57.2 Å².